The number of carbonyl (C=O) groups is 2. The molecule has 0 aromatic heterocycles. The van der Waals surface area contributed by atoms with Crippen LogP contribution >= 0.6 is 0 Å². The normalized spacial score (nSPS) is 10.9. The van der Waals surface area contributed by atoms with Crippen LogP contribution in [0.3, 0.4) is 0 Å². The summed E-state index contributed by atoms with van der Waals surface area (Å²) in [5.74, 6) is -0.800. The smallest absolute Gasteiger partial charge is 0.333 e. The number of hydrogen-bond acceptors (Lipinski definition) is 4. The lowest BCUT2D eigenvalue weighted by Crippen LogP contribution is -2.35. The minimum atomic E-state index is -0.400. The van der Waals surface area contributed by atoms with Crippen LogP contribution in [-0.2, 0) is 19.1 Å². The highest BCUT2D eigenvalue weighted by Crippen LogP contribution is 2.32. The lowest BCUT2D eigenvalue weighted by molar-refractivity contribution is -0.150. The van der Waals surface area contributed by atoms with Crippen molar-refractivity contribution < 1.29 is 19.1 Å². The highest BCUT2D eigenvalue weighted by molar-refractivity contribution is 5.87. The van der Waals surface area contributed by atoms with Gasteiger partial charge < -0.3 is 9.47 Å². The lowest BCUT2D eigenvalue weighted by atomic mass is 9.80. The second kappa shape index (κ2) is 10.2. The largest absolute Gasteiger partial charge is 0.462 e. The van der Waals surface area contributed by atoms with Gasteiger partial charge in [-0.05, 0) is 26.7 Å². The molecule has 0 saturated heterocycles. The topological polar surface area (TPSA) is 52.6 Å². The molecule has 0 N–H and O–H groups in total. The Bertz CT molecular complexity index is 379. The summed E-state index contributed by atoms with van der Waals surface area (Å²) < 4.78 is 10.7. The number of hydrogen-bond donors (Lipinski definition) is 0. The molecular weight excluding hydrogens is 280 g/mol. The first-order valence-electron chi connectivity index (χ1n) is 7.93. The predicted molar refractivity (Wildman–Crippen MR) is 88.4 cm³/mol. The van der Waals surface area contributed by atoms with Crippen molar-refractivity contribution in [1.29, 1.82) is 0 Å². The first-order chi connectivity index (χ1) is 10.3. The monoisotopic (exact) mass is 310 g/mol. The average Bonchev–Trinajstić information content (AvgIpc) is 2.47. The molecule has 0 aliphatic heterocycles. The van der Waals surface area contributed by atoms with Crippen molar-refractivity contribution in [3.8, 4) is 0 Å². The van der Waals surface area contributed by atoms with E-state index >= 15 is 0 Å². The van der Waals surface area contributed by atoms with Gasteiger partial charge in [-0.25, -0.2) is 9.59 Å². The first-order valence-corrected chi connectivity index (χ1v) is 7.93. The SMILES string of the molecule is C=C(C)C(=O)OCC(CCC)(CCCC)COC(=O)C(=C)C. The van der Waals surface area contributed by atoms with Crippen LogP contribution in [0.4, 0.5) is 0 Å². The Morgan fingerprint density at radius 1 is 0.864 bits per heavy atom. The molecule has 0 aromatic carbocycles. The van der Waals surface area contributed by atoms with E-state index < -0.39 is 11.9 Å². The number of rotatable bonds is 11. The van der Waals surface area contributed by atoms with Gasteiger partial charge in [0.2, 0.25) is 0 Å². The fraction of sp³-hybridized carbons (Fsp3) is 0.667. The summed E-state index contributed by atoms with van der Waals surface area (Å²) in [4.78, 5) is 23.3. The van der Waals surface area contributed by atoms with E-state index in [-0.39, 0.29) is 18.6 Å². The Balaban J connectivity index is 4.96. The van der Waals surface area contributed by atoms with Crippen molar-refractivity contribution in [1.82, 2.24) is 0 Å². The predicted octanol–water partition coefficient (Wildman–Crippen LogP) is 4.20. The molecule has 0 spiro atoms. The van der Waals surface area contributed by atoms with E-state index in [1.165, 1.54) is 0 Å². The second-order valence-corrected chi connectivity index (χ2v) is 6.07. The zero-order valence-electron chi connectivity index (χ0n) is 14.5. The third-order valence-corrected chi connectivity index (χ3v) is 3.56. The molecule has 0 fully saturated rings. The minimum absolute atomic E-state index is 0.246. The number of esters is 2. The van der Waals surface area contributed by atoms with Gasteiger partial charge in [-0.2, -0.15) is 0 Å². The summed E-state index contributed by atoms with van der Waals surface area (Å²) in [6, 6.07) is 0. The Hall–Kier alpha value is -1.58. The standard InChI is InChI=1S/C18H30O4/c1-7-9-11-18(10-8-2,12-21-16(19)14(3)4)13-22-17(20)15(5)6/h3,5,7-13H2,1-2,4,6H3. The van der Waals surface area contributed by atoms with Crippen LogP contribution in [0.25, 0.3) is 0 Å². The van der Waals surface area contributed by atoms with Crippen LogP contribution in [-0.4, -0.2) is 25.2 Å². The summed E-state index contributed by atoms with van der Waals surface area (Å²) in [6.07, 6.45) is 4.65. The lowest BCUT2D eigenvalue weighted by Gasteiger charge is -2.32. The van der Waals surface area contributed by atoms with Gasteiger partial charge in [-0.1, -0.05) is 46.3 Å². The van der Waals surface area contributed by atoms with E-state index in [2.05, 4.69) is 27.0 Å². The molecule has 0 saturated carbocycles. The van der Waals surface area contributed by atoms with E-state index in [1.807, 2.05) is 0 Å². The van der Waals surface area contributed by atoms with Crippen molar-refractivity contribution in [2.24, 2.45) is 5.41 Å². The van der Waals surface area contributed by atoms with Gasteiger partial charge in [-0.15, -0.1) is 0 Å². The van der Waals surface area contributed by atoms with Crippen molar-refractivity contribution in [2.75, 3.05) is 13.2 Å². The van der Waals surface area contributed by atoms with Crippen LogP contribution < -0.4 is 0 Å². The van der Waals surface area contributed by atoms with Gasteiger partial charge >= 0.3 is 11.9 Å². The number of unbranched alkanes of at least 4 members (excludes halogenated alkanes) is 1. The maximum atomic E-state index is 11.7. The van der Waals surface area contributed by atoms with E-state index in [0.29, 0.717) is 11.1 Å². The highest BCUT2D eigenvalue weighted by Gasteiger charge is 2.32. The summed E-state index contributed by atoms with van der Waals surface area (Å²) in [6.45, 7) is 15.1. The summed E-state index contributed by atoms with van der Waals surface area (Å²) in [5.41, 5.74) is 0.417. The molecule has 0 amide bonds. The molecule has 0 aromatic rings. The fourth-order valence-electron chi connectivity index (χ4n) is 2.22. The van der Waals surface area contributed by atoms with E-state index in [9.17, 15) is 9.59 Å². The van der Waals surface area contributed by atoms with Crippen LogP contribution in [0.15, 0.2) is 24.3 Å². The van der Waals surface area contributed by atoms with Crippen molar-refractivity contribution in [3.63, 3.8) is 0 Å². The highest BCUT2D eigenvalue weighted by atomic mass is 16.5. The van der Waals surface area contributed by atoms with Crippen molar-refractivity contribution in [2.45, 2.75) is 59.8 Å². The van der Waals surface area contributed by atoms with Crippen molar-refractivity contribution in [3.05, 3.63) is 24.3 Å². The Labute approximate surface area is 134 Å². The second-order valence-electron chi connectivity index (χ2n) is 6.07. The molecule has 22 heavy (non-hydrogen) atoms. The van der Waals surface area contributed by atoms with E-state index in [4.69, 9.17) is 9.47 Å². The van der Waals surface area contributed by atoms with Gasteiger partial charge in [0.25, 0.3) is 0 Å². The van der Waals surface area contributed by atoms with Crippen molar-refractivity contribution >= 4 is 11.9 Å². The molecule has 0 atom stereocenters. The third-order valence-electron chi connectivity index (χ3n) is 3.56. The quantitative estimate of drug-likeness (QED) is 0.424. The van der Waals surface area contributed by atoms with Crippen LogP contribution in [0.1, 0.15) is 59.8 Å². The molecule has 0 bridgehead atoms. The van der Waals surface area contributed by atoms with Crippen LogP contribution in [0, 0.1) is 5.41 Å². The molecule has 0 heterocycles. The summed E-state index contributed by atoms with van der Waals surface area (Å²) in [5, 5.41) is 0. The molecular formula is C18H30O4. The third kappa shape index (κ3) is 7.43. The van der Waals surface area contributed by atoms with Gasteiger partial charge in [0.1, 0.15) is 13.2 Å². The maximum Gasteiger partial charge on any atom is 0.333 e. The zero-order chi connectivity index (χ0) is 17.2. The molecule has 0 unspecified atom stereocenters. The molecule has 0 rings (SSSR count). The molecule has 4 nitrogen and oxygen atoms in total. The zero-order valence-corrected chi connectivity index (χ0v) is 14.5. The molecule has 126 valence electrons. The average molecular weight is 310 g/mol. The maximum absolute atomic E-state index is 11.7. The number of ether oxygens (including phenoxy) is 2. The molecule has 0 aliphatic carbocycles. The summed E-state index contributed by atoms with van der Waals surface area (Å²) >= 11 is 0. The van der Waals surface area contributed by atoms with E-state index in [0.717, 1.165) is 32.1 Å². The van der Waals surface area contributed by atoms with Gasteiger partial charge in [-0.3, -0.25) is 0 Å². The Morgan fingerprint density at radius 3 is 1.64 bits per heavy atom. The van der Waals surface area contributed by atoms with Gasteiger partial charge in [0.15, 0.2) is 0 Å². The Kier molecular flexibility index (Phi) is 9.46. The fourth-order valence-corrected chi connectivity index (χ4v) is 2.22. The van der Waals surface area contributed by atoms with Gasteiger partial charge in [0.05, 0.1) is 0 Å². The van der Waals surface area contributed by atoms with Crippen LogP contribution in [0.2, 0.25) is 0 Å². The van der Waals surface area contributed by atoms with Gasteiger partial charge in [0, 0.05) is 16.6 Å². The summed E-state index contributed by atoms with van der Waals surface area (Å²) in [7, 11) is 0. The Morgan fingerprint density at radius 2 is 1.32 bits per heavy atom. The molecule has 0 radical (unpaired) electrons. The van der Waals surface area contributed by atoms with Crippen LogP contribution in [0.5, 0.6) is 0 Å². The molecule has 4 heteroatoms. The number of carbonyl (C=O) groups excluding carboxylic acids is 2. The molecule has 0 aliphatic rings. The van der Waals surface area contributed by atoms with E-state index in [1.54, 1.807) is 13.8 Å². The minimum Gasteiger partial charge on any atom is -0.462 e. The first kappa shape index (κ1) is 20.4.